The fourth-order valence-electron chi connectivity index (χ4n) is 2.48. The Morgan fingerprint density at radius 3 is 2.59 bits per heavy atom. The van der Waals surface area contributed by atoms with Crippen LogP contribution in [0.4, 0.5) is 0 Å². The number of hydrogen-bond acceptors (Lipinski definition) is 4. The number of carbonyl (C=O) groups is 2. The van der Waals surface area contributed by atoms with E-state index in [0.717, 1.165) is 21.8 Å². The molecule has 0 radical (unpaired) electrons. The molecule has 0 fully saturated rings. The Bertz CT molecular complexity index is 930. The average molecular weight is 380 g/mol. The number of benzene rings is 1. The van der Waals surface area contributed by atoms with Crippen LogP contribution < -0.4 is 10.6 Å². The zero-order valence-electron chi connectivity index (χ0n) is 14.9. The Kier molecular flexibility index (Phi) is 6.17. The molecule has 0 aliphatic carbocycles. The third-order valence-corrected chi connectivity index (χ3v) is 4.61. The van der Waals surface area contributed by atoms with Crippen molar-refractivity contribution in [2.45, 2.75) is 6.92 Å². The zero-order valence-corrected chi connectivity index (χ0v) is 15.7. The second-order valence-electron chi connectivity index (χ2n) is 5.80. The summed E-state index contributed by atoms with van der Waals surface area (Å²) in [6, 6.07) is 13.8. The van der Waals surface area contributed by atoms with Crippen molar-refractivity contribution in [2.75, 3.05) is 13.1 Å². The van der Waals surface area contributed by atoms with Crippen LogP contribution in [0.3, 0.4) is 0 Å². The standard InChI is InChI=1S/C20H20N4O2S/c1-15(25)21-11-12-22-19(26)10-9-16-14-24(17-6-3-2-4-7-17)23-20(16)18-8-5-13-27-18/h2-10,13-14H,11-12H2,1H3,(H,21,25)(H,22,26). The minimum atomic E-state index is -0.218. The van der Waals surface area contributed by atoms with E-state index in [1.54, 1.807) is 17.4 Å². The Hall–Kier alpha value is -3.19. The molecular formula is C20H20N4O2S. The predicted octanol–water partition coefficient (Wildman–Crippen LogP) is 2.87. The highest BCUT2D eigenvalue weighted by molar-refractivity contribution is 7.13. The van der Waals surface area contributed by atoms with Gasteiger partial charge in [0.15, 0.2) is 0 Å². The summed E-state index contributed by atoms with van der Waals surface area (Å²) in [5.74, 6) is -0.335. The maximum Gasteiger partial charge on any atom is 0.244 e. The van der Waals surface area contributed by atoms with Crippen LogP contribution in [0, 0.1) is 0 Å². The number of aromatic nitrogens is 2. The summed E-state index contributed by atoms with van der Waals surface area (Å²) in [6.07, 6.45) is 5.15. The van der Waals surface area contributed by atoms with Crippen LogP contribution in [-0.2, 0) is 9.59 Å². The van der Waals surface area contributed by atoms with Crippen molar-refractivity contribution in [1.29, 1.82) is 0 Å². The molecule has 2 amide bonds. The molecule has 2 aromatic heterocycles. The highest BCUT2D eigenvalue weighted by Gasteiger charge is 2.11. The first-order chi connectivity index (χ1) is 13.1. The highest BCUT2D eigenvalue weighted by Crippen LogP contribution is 2.28. The van der Waals surface area contributed by atoms with Crippen molar-refractivity contribution >= 4 is 29.2 Å². The molecule has 2 heterocycles. The van der Waals surface area contributed by atoms with Gasteiger partial charge < -0.3 is 10.6 Å². The van der Waals surface area contributed by atoms with Crippen molar-refractivity contribution < 1.29 is 9.59 Å². The number of amides is 2. The third-order valence-electron chi connectivity index (χ3n) is 3.73. The van der Waals surface area contributed by atoms with Crippen LogP contribution in [0.2, 0.25) is 0 Å². The average Bonchev–Trinajstić information content (AvgIpc) is 3.33. The fourth-order valence-corrected chi connectivity index (χ4v) is 3.21. The normalized spacial score (nSPS) is 10.9. The zero-order chi connectivity index (χ0) is 19.1. The van der Waals surface area contributed by atoms with E-state index in [2.05, 4.69) is 10.6 Å². The van der Waals surface area contributed by atoms with Crippen molar-refractivity contribution in [3.05, 3.63) is 65.7 Å². The van der Waals surface area contributed by atoms with Gasteiger partial charge in [0.1, 0.15) is 5.69 Å². The van der Waals surface area contributed by atoms with E-state index in [4.69, 9.17) is 5.10 Å². The van der Waals surface area contributed by atoms with E-state index in [-0.39, 0.29) is 11.8 Å². The fraction of sp³-hybridized carbons (Fsp3) is 0.150. The lowest BCUT2D eigenvalue weighted by atomic mass is 10.2. The minimum absolute atomic E-state index is 0.117. The molecule has 0 atom stereocenters. The number of nitrogens with one attached hydrogen (secondary N) is 2. The number of para-hydroxylation sites is 1. The van der Waals surface area contributed by atoms with Crippen LogP contribution in [0.15, 0.2) is 60.1 Å². The van der Waals surface area contributed by atoms with Gasteiger partial charge in [-0.1, -0.05) is 24.3 Å². The second-order valence-corrected chi connectivity index (χ2v) is 6.75. The smallest absolute Gasteiger partial charge is 0.244 e. The lowest BCUT2D eigenvalue weighted by Crippen LogP contribution is -2.32. The molecule has 7 heteroatoms. The Balaban J connectivity index is 1.76. The first-order valence-electron chi connectivity index (χ1n) is 8.53. The number of thiophene rings is 1. The Morgan fingerprint density at radius 1 is 1.11 bits per heavy atom. The lowest BCUT2D eigenvalue weighted by molar-refractivity contribution is -0.119. The van der Waals surface area contributed by atoms with Gasteiger partial charge in [-0.15, -0.1) is 11.3 Å². The number of hydrogen-bond donors (Lipinski definition) is 2. The van der Waals surface area contributed by atoms with Gasteiger partial charge in [-0.2, -0.15) is 5.10 Å². The molecule has 0 saturated carbocycles. The maximum absolute atomic E-state index is 12.0. The number of carbonyl (C=O) groups excluding carboxylic acids is 2. The molecule has 6 nitrogen and oxygen atoms in total. The van der Waals surface area contributed by atoms with E-state index in [9.17, 15) is 9.59 Å². The summed E-state index contributed by atoms with van der Waals surface area (Å²) in [7, 11) is 0. The van der Waals surface area contributed by atoms with Crippen LogP contribution >= 0.6 is 11.3 Å². The summed E-state index contributed by atoms with van der Waals surface area (Å²) >= 11 is 1.60. The molecule has 138 valence electrons. The summed E-state index contributed by atoms with van der Waals surface area (Å²) in [4.78, 5) is 23.9. The maximum atomic E-state index is 12.0. The van der Waals surface area contributed by atoms with Gasteiger partial charge in [0.25, 0.3) is 0 Å². The second kappa shape index (κ2) is 8.95. The van der Waals surface area contributed by atoms with E-state index in [0.29, 0.717) is 13.1 Å². The van der Waals surface area contributed by atoms with E-state index in [1.165, 1.54) is 13.0 Å². The van der Waals surface area contributed by atoms with Gasteiger partial charge in [0.05, 0.1) is 10.6 Å². The molecule has 0 unspecified atom stereocenters. The Morgan fingerprint density at radius 2 is 1.89 bits per heavy atom. The van der Waals surface area contributed by atoms with Gasteiger partial charge >= 0.3 is 0 Å². The van der Waals surface area contributed by atoms with Gasteiger partial charge in [0.2, 0.25) is 11.8 Å². The molecule has 3 rings (SSSR count). The number of nitrogens with zero attached hydrogens (tertiary/aromatic N) is 2. The first kappa shape index (κ1) is 18.6. The molecule has 1 aromatic carbocycles. The predicted molar refractivity (Wildman–Crippen MR) is 108 cm³/mol. The summed E-state index contributed by atoms with van der Waals surface area (Å²) < 4.78 is 1.81. The molecule has 2 N–H and O–H groups in total. The van der Waals surface area contributed by atoms with Gasteiger partial charge in [-0.3, -0.25) is 9.59 Å². The van der Waals surface area contributed by atoms with E-state index >= 15 is 0 Å². The van der Waals surface area contributed by atoms with Crippen LogP contribution in [0.1, 0.15) is 12.5 Å². The Labute approximate surface area is 161 Å². The van der Waals surface area contributed by atoms with Crippen LogP contribution in [-0.4, -0.2) is 34.7 Å². The van der Waals surface area contributed by atoms with Gasteiger partial charge in [-0.05, 0) is 29.7 Å². The lowest BCUT2D eigenvalue weighted by Gasteiger charge is -2.02. The van der Waals surface area contributed by atoms with E-state index in [1.807, 2.05) is 58.7 Å². The molecular weight excluding hydrogens is 360 g/mol. The molecule has 0 aliphatic rings. The largest absolute Gasteiger partial charge is 0.355 e. The van der Waals surface area contributed by atoms with Crippen molar-refractivity contribution in [3.63, 3.8) is 0 Å². The molecule has 0 bridgehead atoms. The monoisotopic (exact) mass is 380 g/mol. The highest BCUT2D eigenvalue weighted by atomic mass is 32.1. The first-order valence-corrected chi connectivity index (χ1v) is 9.41. The molecule has 3 aromatic rings. The van der Waals surface area contributed by atoms with Crippen molar-refractivity contribution in [2.24, 2.45) is 0 Å². The number of rotatable bonds is 7. The minimum Gasteiger partial charge on any atom is -0.355 e. The third kappa shape index (κ3) is 5.15. The SMILES string of the molecule is CC(=O)NCCNC(=O)C=Cc1cn(-c2ccccc2)nc1-c1cccs1. The topological polar surface area (TPSA) is 76.0 Å². The summed E-state index contributed by atoms with van der Waals surface area (Å²) in [5, 5.41) is 12.1. The quantitative estimate of drug-likeness (QED) is 0.489. The van der Waals surface area contributed by atoms with Crippen molar-refractivity contribution in [3.8, 4) is 16.3 Å². The van der Waals surface area contributed by atoms with Crippen LogP contribution in [0.5, 0.6) is 0 Å². The van der Waals surface area contributed by atoms with Crippen LogP contribution in [0.25, 0.3) is 22.3 Å². The molecule has 27 heavy (non-hydrogen) atoms. The van der Waals surface area contributed by atoms with Gasteiger partial charge in [-0.25, -0.2) is 4.68 Å². The summed E-state index contributed by atoms with van der Waals surface area (Å²) in [5.41, 5.74) is 2.64. The molecule has 0 saturated heterocycles. The molecule has 0 spiro atoms. The van der Waals surface area contributed by atoms with E-state index < -0.39 is 0 Å². The summed E-state index contributed by atoms with van der Waals surface area (Å²) in [6.45, 7) is 2.23. The molecule has 0 aliphatic heterocycles. The van der Waals surface area contributed by atoms with Gasteiger partial charge in [0, 0.05) is 37.8 Å². The van der Waals surface area contributed by atoms with Crippen molar-refractivity contribution in [1.82, 2.24) is 20.4 Å².